The van der Waals surface area contributed by atoms with Crippen LogP contribution >= 0.6 is 0 Å². The third-order valence-electron chi connectivity index (χ3n) is 11.4. The Morgan fingerprint density at radius 3 is 2.55 bits per heavy atom. The van der Waals surface area contributed by atoms with Crippen LogP contribution in [0.4, 0.5) is 15.0 Å². The van der Waals surface area contributed by atoms with E-state index in [0.29, 0.717) is 42.0 Å². The van der Waals surface area contributed by atoms with E-state index in [0.717, 1.165) is 62.4 Å². The summed E-state index contributed by atoms with van der Waals surface area (Å²) < 4.78 is 28.3. The number of ether oxygens (including phenoxy) is 2. The second-order valence-corrected chi connectivity index (χ2v) is 14.3. The molecule has 3 aromatic carbocycles. The number of halogens is 1. The van der Waals surface area contributed by atoms with Gasteiger partial charge in [0.05, 0.1) is 18.0 Å². The van der Waals surface area contributed by atoms with E-state index in [2.05, 4.69) is 15.1 Å². The Hall–Kier alpha value is -4.71. The molecule has 11 nitrogen and oxygen atoms in total. The lowest BCUT2D eigenvalue weighted by atomic mass is 9.95. The number of aromatic nitrogens is 2. The Balaban J connectivity index is 1.08. The molecule has 6 heterocycles. The highest BCUT2D eigenvalue weighted by atomic mass is 19.1. The topological polar surface area (TPSA) is 120 Å². The molecule has 5 saturated heterocycles. The summed E-state index contributed by atoms with van der Waals surface area (Å²) in [4.78, 5) is 41.3. The van der Waals surface area contributed by atoms with E-state index in [1.165, 1.54) is 0 Å². The fraction of sp³-hybridized carbons (Fsp3) is 0.459. The number of anilines is 1. The average molecular weight is 667 g/mol. The lowest BCUT2D eigenvalue weighted by Gasteiger charge is -2.42. The van der Waals surface area contributed by atoms with E-state index in [4.69, 9.17) is 19.4 Å². The molecule has 49 heavy (non-hydrogen) atoms. The molecule has 0 spiro atoms. The quantitative estimate of drug-likeness (QED) is 0.282. The largest absolute Gasteiger partial charge is 0.508 e. The van der Waals surface area contributed by atoms with Crippen LogP contribution in [-0.4, -0.2) is 99.9 Å². The van der Waals surface area contributed by atoms with Crippen molar-refractivity contribution < 1.29 is 28.6 Å². The van der Waals surface area contributed by atoms with Crippen molar-refractivity contribution in [3.05, 3.63) is 54.3 Å². The minimum atomic E-state index is -0.499. The summed E-state index contributed by atoms with van der Waals surface area (Å²) in [6.45, 7) is 3.86. The first-order chi connectivity index (χ1) is 23.8. The van der Waals surface area contributed by atoms with Gasteiger partial charge in [-0.15, -0.1) is 0 Å². The summed E-state index contributed by atoms with van der Waals surface area (Å²) in [5, 5.41) is 15.5. The number of hydrogen-bond donors (Lipinski definition) is 2. The maximum absolute atomic E-state index is 16.9. The van der Waals surface area contributed by atoms with E-state index in [9.17, 15) is 14.7 Å². The highest BCUT2D eigenvalue weighted by molar-refractivity contribution is 6.01. The number of piperazine rings is 1. The number of aromatic hydroxyl groups is 1. The van der Waals surface area contributed by atoms with E-state index in [1.807, 2.05) is 35.2 Å². The Bertz CT molecular complexity index is 1970. The van der Waals surface area contributed by atoms with Gasteiger partial charge in [-0.3, -0.25) is 9.69 Å². The smallest absolute Gasteiger partial charge is 0.407 e. The van der Waals surface area contributed by atoms with Gasteiger partial charge in [-0.25, -0.2) is 9.18 Å². The van der Waals surface area contributed by atoms with Gasteiger partial charge in [0.1, 0.15) is 30.3 Å². The zero-order valence-electron chi connectivity index (χ0n) is 27.2. The van der Waals surface area contributed by atoms with E-state index >= 15 is 4.39 Å². The molecule has 2 N–H and O–H groups in total. The first-order valence-electron chi connectivity index (χ1n) is 17.4. The second kappa shape index (κ2) is 11.7. The number of nitrogens with one attached hydrogen (secondary N) is 1. The minimum Gasteiger partial charge on any atom is -0.508 e. The van der Waals surface area contributed by atoms with Crippen molar-refractivity contribution in [1.29, 1.82) is 0 Å². The van der Waals surface area contributed by atoms with Crippen molar-refractivity contribution in [2.24, 2.45) is 0 Å². The number of benzene rings is 3. The molecule has 3 atom stereocenters. The summed E-state index contributed by atoms with van der Waals surface area (Å²) in [6, 6.07) is 14.2. The summed E-state index contributed by atoms with van der Waals surface area (Å²) in [5.74, 6) is 0.161. The molecular weight excluding hydrogens is 627 g/mol. The Morgan fingerprint density at radius 1 is 1.02 bits per heavy atom. The Kier molecular flexibility index (Phi) is 7.26. The summed E-state index contributed by atoms with van der Waals surface area (Å²) in [7, 11) is 0. The molecule has 2 amide bonds. The molecular formula is C37H39FN6O5. The molecule has 254 valence electrons. The summed E-state index contributed by atoms with van der Waals surface area (Å²) in [6.07, 6.45) is 5.81. The molecule has 0 saturated carbocycles. The number of alkyl carbamates (subject to hydrolysis) is 1. The van der Waals surface area contributed by atoms with Crippen molar-refractivity contribution in [3.63, 3.8) is 0 Å². The van der Waals surface area contributed by atoms with Crippen LogP contribution in [0.5, 0.6) is 11.8 Å². The van der Waals surface area contributed by atoms with Crippen LogP contribution in [0.2, 0.25) is 0 Å². The molecule has 3 unspecified atom stereocenters. The number of rotatable bonds is 7. The fourth-order valence-electron chi connectivity index (χ4n) is 9.15. The number of nitrogens with zero attached hydrogens (tertiary/aromatic N) is 5. The Morgan fingerprint density at radius 2 is 1.80 bits per heavy atom. The van der Waals surface area contributed by atoms with Gasteiger partial charge in [-0.2, -0.15) is 9.97 Å². The molecule has 9 rings (SSSR count). The first kappa shape index (κ1) is 30.4. The van der Waals surface area contributed by atoms with Crippen LogP contribution in [0.1, 0.15) is 44.9 Å². The van der Waals surface area contributed by atoms with Crippen LogP contribution in [0.15, 0.2) is 48.5 Å². The zero-order chi connectivity index (χ0) is 33.3. The van der Waals surface area contributed by atoms with Crippen molar-refractivity contribution >= 4 is 39.5 Å². The molecule has 5 aliphatic rings. The Labute approximate surface area is 283 Å². The van der Waals surface area contributed by atoms with Crippen molar-refractivity contribution in [2.45, 2.75) is 68.6 Å². The van der Waals surface area contributed by atoms with E-state index in [1.54, 1.807) is 18.2 Å². The number of hydrogen-bond acceptors (Lipinski definition) is 9. The first-order valence-corrected chi connectivity index (χ1v) is 17.4. The highest BCUT2D eigenvalue weighted by Crippen LogP contribution is 2.42. The standard InChI is InChI=1S/C37H39FN6O5/c38-32-28(30-17-26(45)15-22-5-1-2-6-27(22)30)9-10-29-33(32)40-35(49-21-37-11-3-13-43(37)14-4-12-37)41-34(29)42-18-24-7-8-25(19-42)44(24)31(46)16-23-20-48-36(47)39-23/h1-2,5-6,9-10,15,17,23-25,45H,3-4,7-8,11-14,16,18-21H2,(H,39,47). The predicted octanol–water partition coefficient (Wildman–Crippen LogP) is 4.98. The summed E-state index contributed by atoms with van der Waals surface area (Å²) >= 11 is 0. The molecule has 12 heteroatoms. The molecule has 5 aliphatic heterocycles. The number of cyclic esters (lactones) is 1. The van der Waals surface area contributed by atoms with Gasteiger partial charge in [-0.05, 0) is 86.1 Å². The zero-order valence-corrected chi connectivity index (χ0v) is 27.2. The van der Waals surface area contributed by atoms with Gasteiger partial charge < -0.3 is 29.7 Å². The molecule has 5 fully saturated rings. The maximum Gasteiger partial charge on any atom is 0.407 e. The number of phenolic OH excluding ortho intramolecular Hbond substituents is 1. The van der Waals surface area contributed by atoms with Gasteiger partial charge in [0, 0.05) is 36.1 Å². The van der Waals surface area contributed by atoms with E-state index < -0.39 is 11.9 Å². The average Bonchev–Trinajstić information content (AvgIpc) is 3.86. The number of phenols is 1. The van der Waals surface area contributed by atoms with Crippen molar-refractivity contribution in [2.75, 3.05) is 44.3 Å². The van der Waals surface area contributed by atoms with Crippen LogP contribution in [0.3, 0.4) is 0 Å². The minimum absolute atomic E-state index is 0.00508. The SMILES string of the molecule is O=C1NC(CC(=O)N2C3CCC2CN(c2nc(OCC45CCCN4CCC5)nc4c(F)c(-c5cc(O)cc6ccccc56)ccc24)C3)CO1. The van der Waals surface area contributed by atoms with Crippen molar-refractivity contribution in [1.82, 2.24) is 25.1 Å². The van der Waals surface area contributed by atoms with Crippen LogP contribution in [0, 0.1) is 5.82 Å². The number of carbonyl (C=O) groups excluding carboxylic acids is 2. The number of fused-ring (bicyclic) bond motifs is 5. The van der Waals surface area contributed by atoms with Gasteiger partial charge in [0.2, 0.25) is 5.91 Å². The lowest BCUT2D eigenvalue weighted by Crippen LogP contribution is -2.56. The van der Waals surface area contributed by atoms with Crippen molar-refractivity contribution in [3.8, 4) is 22.9 Å². The third-order valence-corrected chi connectivity index (χ3v) is 11.4. The second-order valence-electron chi connectivity index (χ2n) is 14.3. The molecule has 0 aliphatic carbocycles. The van der Waals surface area contributed by atoms with Gasteiger partial charge in [0.15, 0.2) is 5.82 Å². The third kappa shape index (κ3) is 5.19. The summed E-state index contributed by atoms with van der Waals surface area (Å²) in [5.41, 5.74) is 1.05. The fourth-order valence-corrected chi connectivity index (χ4v) is 9.15. The van der Waals surface area contributed by atoms with Gasteiger partial charge in [0.25, 0.3) is 0 Å². The predicted molar refractivity (Wildman–Crippen MR) is 181 cm³/mol. The maximum atomic E-state index is 16.9. The molecule has 0 radical (unpaired) electrons. The number of carbonyl (C=O) groups is 2. The molecule has 4 aromatic rings. The van der Waals surface area contributed by atoms with Crippen LogP contribution in [-0.2, 0) is 9.53 Å². The molecule has 1 aromatic heterocycles. The van der Waals surface area contributed by atoms with E-state index in [-0.39, 0.29) is 59.9 Å². The monoisotopic (exact) mass is 666 g/mol. The lowest BCUT2D eigenvalue weighted by molar-refractivity contribution is -0.135. The molecule has 2 bridgehead atoms. The van der Waals surface area contributed by atoms with Gasteiger partial charge in [-0.1, -0.05) is 30.3 Å². The number of amides is 2. The van der Waals surface area contributed by atoms with Gasteiger partial charge >= 0.3 is 12.1 Å². The normalized spacial score (nSPS) is 24.4. The van der Waals surface area contributed by atoms with Crippen LogP contribution < -0.4 is 15.0 Å². The highest BCUT2D eigenvalue weighted by Gasteiger charge is 2.46. The van der Waals surface area contributed by atoms with Crippen LogP contribution in [0.25, 0.3) is 32.8 Å².